The summed E-state index contributed by atoms with van der Waals surface area (Å²) < 4.78 is 56.7. The molecule has 2 aliphatic heterocycles. The van der Waals surface area contributed by atoms with E-state index in [-0.39, 0.29) is 60.9 Å². The number of halogens is 3. The maximum absolute atomic E-state index is 14.9. The summed E-state index contributed by atoms with van der Waals surface area (Å²) in [6.07, 6.45) is 4.77. The van der Waals surface area contributed by atoms with Crippen LogP contribution < -0.4 is 14.8 Å². The van der Waals surface area contributed by atoms with Crippen LogP contribution in [0.3, 0.4) is 0 Å². The number of benzene rings is 2. The highest BCUT2D eigenvalue weighted by Crippen LogP contribution is 2.75. The van der Waals surface area contributed by atoms with Crippen LogP contribution >= 0.6 is 30.3 Å². The van der Waals surface area contributed by atoms with E-state index < -0.39 is 59.7 Å². The van der Waals surface area contributed by atoms with Crippen LogP contribution in [0, 0.1) is 23.5 Å². The van der Waals surface area contributed by atoms with E-state index in [0.717, 1.165) is 44.2 Å². The summed E-state index contributed by atoms with van der Waals surface area (Å²) >= 11 is 8.29. The van der Waals surface area contributed by atoms with E-state index in [9.17, 15) is 32.6 Å². The molecule has 2 aromatic carbocycles. The van der Waals surface area contributed by atoms with E-state index in [4.69, 9.17) is 31.0 Å². The second-order valence-corrected chi connectivity index (χ2v) is 21.4. The molecule has 0 spiro atoms. The molecular weight excluding hydrogens is 857 g/mol. The van der Waals surface area contributed by atoms with Gasteiger partial charge in [0.2, 0.25) is 13.3 Å². The Balaban J connectivity index is 1.26. The maximum Gasteiger partial charge on any atom is 0.226 e. The molecule has 0 bridgehead atoms. The van der Waals surface area contributed by atoms with Crippen molar-refractivity contribution in [3.8, 4) is 22.9 Å². The summed E-state index contributed by atoms with van der Waals surface area (Å²) in [4.78, 5) is 65.8. The molecule has 1 amide bonds. The number of nitrogens with zero attached hydrogens (tertiary/aromatic N) is 3. The Hall–Kier alpha value is -3.97. The van der Waals surface area contributed by atoms with Gasteiger partial charge in [0.25, 0.3) is 0 Å². The largest absolute Gasteiger partial charge is 0.495 e. The third kappa shape index (κ3) is 9.88. The molecule has 4 aromatic rings. The molecule has 334 valence electrons. The number of thiazole rings is 1. The first-order valence-corrected chi connectivity index (χ1v) is 24.9. The normalized spacial score (nSPS) is 24.5. The summed E-state index contributed by atoms with van der Waals surface area (Å²) in [5.41, 5.74) is 1.00. The van der Waals surface area contributed by atoms with Crippen LogP contribution in [0.1, 0.15) is 110 Å². The number of rotatable bonds is 13. The van der Waals surface area contributed by atoms with Gasteiger partial charge >= 0.3 is 0 Å². The third-order valence-electron chi connectivity index (χ3n) is 12.7. The van der Waals surface area contributed by atoms with E-state index in [0.29, 0.717) is 64.6 Å². The van der Waals surface area contributed by atoms with Crippen molar-refractivity contribution in [1.29, 1.82) is 0 Å². The van der Waals surface area contributed by atoms with Gasteiger partial charge in [-0.25, -0.2) is 18.7 Å². The number of anilines is 1. The van der Waals surface area contributed by atoms with Crippen molar-refractivity contribution in [2.45, 2.75) is 134 Å². The van der Waals surface area contributed by atoms with Crippen LogP contribution in [0.5, 0.6) is 11.5 Å². The van der Waals surface area contributed by atoms with Crippen LogP contribution in [0.2, 0.25) is 5.02 Å². The topological polar surface area (TPSA) is 148 Å². The van der Waals surface area contributed by atoms with E-state index in [1.165, 1.54) is 29.4 Å². The average Bonchev–Trinajstić information content (AvgIpc) is 3.50. The van der Waals surface area contributed by atoms with Gasteiger partial charge in [-0.2, -0.15) is 0 Å². The number of pyridine rings is 1. The first-order chi connectivity index (χ1) is 29.6. The van der Waals surface area contributed by atoms with Crippen LogP contribution in [-0.2, 0) is 25.1 Å². The Labute approximate surface area is 370 Å². The lowest BCUT2D eigenvalue weighted by atomic mass is 9.92. The minimum Gasteiger partial charge on any atom is -0.495 e. The summed E-state index contributed by atoms with van der Waals surface area (Å²) in [6.45, 7) is 5.97. The van der Waals surface area contributed by atoms with Crippen molar-refractivity contribution in [2.24, 2.45) is 11.8 Å². The molecule has 3 fully saturated rings. The third-order valence-corrected chi connectivity index (χ3v) is 16.7. The number of hydrogen-bond acceptors (Lipinski definition) is 10. The second-order valence-electron chi connectivity index (χ2n) is 17.5. The first-order valence-electron chi connectivity index (χ1n) is 21.8. The standard InChI is InChI=1S/C46H56ClF2N4O7PS/c1-5-12-30(54)19-28-13-9-7-6-8-10-14-29-22-46(29,61(57,58)25-33-34(48)15-11-16-35(33)49)23-39(55)38-20-31(24-53(38)44(28)56)60-41-21-36(37-26-62-45(52-37)50-27(2)3)51-43-32(41)17-18-40(59-4)42(43)47/h11,15-18,21,26-29,31,38H,5-10,12-14,19-20,22-25H2,1-4H3,(H,50,52)(H,57,58)/t28?,29-,31+,38-,46+/m0/s1. The number of ether oxygens (including phenoxy) is 2. The molecule has 2 unspecified atom stereocenters. The van der Waals surface area contributed by atoms with Crippen molar-refractivity contribution < 1.29 is 42.1 Å². The van der Waals surface area contributed by atoms with Crippen LogP contribution in [0.4, 0.5) is 13.9 Å². The molecule has 16 heteroatoms. The van der Waals surface area contributed by atoms with Crippen molar-refractivity contribution in [3.63, 3.8) is 0 Å². The molecule has 2 N–H and O–H groups in total. The number of Topliss-reactive ketones (excluding diaryl/α,β-unsaturated/α-hetero) is 2. The number of carbonyl (C=O) groups is 3. The molecule has 11 nitrogen and oxygen atoms in total. The quantitative estimate of drug-likeness (QED) is 0.124. The van der Waals surface area contributed by atoms with Gasteiger partial charge in [0.1, 0.15) is 45.7 Å². The highest BCUT2D eigenvalue weighted by molar-refractivity contribution is 7.59. The van der Waals surface area contributed by atoms with Gasteiger partial charge in [-0.15, -0.1) is 11.3 Å². The van der Waals surface area contributed by atoms with Crippen LogP contribution in [0.25, 0.3) is 22.3 Å². The molecule has 1 saturated carbocycles. The lowest BCUT2D eigenvalue weighted by Gasteiger charge is -2.30. The van der Waals surface area contributed by atoms with E-state index >= 15 is 0 Å². The number of aromatic nitrogens is 2. The Morgan fingerprint density at radius 1 is 1.06 bits per heavy atom. The zero-order valence-corrected chi connectivity index (χ0v) is 38.2. The van der Waals surface area contributed by atoms with Gasteiger partial charge in [0.15, 0.2) is 10.9 Å². The summed E-state index contributed by atoms with van der Waals surface area (Å²) in [7, 11) is -2.90. The summed E-state index contributed by atoms with van der Waals surface area (Å²) in [5, 5.41) is 5.34. The van der Waals surface area contributed by atoms with Gasteiger partial charge in [0.05, 0.1) is 42.2 Å². The number of hydrogen-bond donors (Lipinski definition) is 2. The van der Waals surface area contributed by atoms with Crippen LogP contribution in [-0.4, -0.2) is 74.2 Å². The highest BCUT2D eigenvalue weighted by Gasteiger charge is 2.66. The number of carbonyl (C=O) groups excluding carboxylic acids is 3. The van der Waals surface area contributed by atoms with Gasteiger partial charge in [-0.05, 0) is 69.7 Å². The van der Waals surface area contributed by atoms with Crippen molar-refractivity contribution in [3.05, 3.63) is 64.0 Å². The second kappa shape index (κ2) is 19.4. The smallest absolute Gasteiger partial charge is 0.226 e. The van der Waals surface area contributed by atoms with Crippen molar-refractivity contribution in [2.75, 3.05) is 19.0 Å². The predicted octanol–water partition coefficient (Wildman–Crippen LogP) is 10.8. The Bertz CT molecular complexity index is 2340. The monoisotopic (exact) mass is 912 g/mol. The lowest BCUT2D eigenvalue weighted by Crippen LogP contribution is -2.45. The number of amides is 1. The Kier molecular flexibility index (Phi) is 14.4. The molecule has 62 heavy (non-hydrogen) atoms. The van der Waals surface area contributed by atoms with Crippen molar-refractivity contribution in [1.82, 2.24) is 14.9 Å². The number of nitrogens with one attached hydrogen (secondary N) is 1. The zero-order chi connectivity index (χ0) is 44.3. The number of ketones is 2. The molecule has 4 heterocycles. The van der Waals surface area contributed by atoms with Gasteiger partial charge < -0.3 is 24.6 Å². The van der Waals surface area contributed by atoms with Gasteiger partial charge in [-0.1, -0.05) is 56.7 Å². The van der Waals surface area contributed by atoms with Crippen molar-refractivity contribution >= 4 is 63.8 Å². The molecule has 6 atom stereocenters. The predicted molar refractivity (Wildman–Crippen MR) is 238 cm³/mol. The minimum atomic E-state index is -4.41. The fourth-order valence-corrected chi connectivity index (χ4v) is 13.2. The van der Waals surface area contributed by atoms with E-state index in [2.05, 4.69) is 5.32 Å². The molecule has 2 aromatic heterocycles. The number of methoxy groups -OCH3 is 1. The van der Waals surface area contributed by atoms with E-state index in [1.807, 2.05) is 26.2 Å². The van der Waals surface area contributed by atoms with Gasteiger partial charge in [0, 0.05) is 60.0 Å². The fourth-order valence-electron chi connectivity index (χ4n) is 9.41. The summed E-state index contributed by atoms with van der Waals surface area (Å²) in [6, 6.07) is 7.70. The molecular formula is C46H56ClF2N4O7PS. The highest BCUT2D eigenvalue weighted by atomic mass is 35.5. The molecule has 0 radical (unpaired) electrons. The molecule has 3 aliphatic rings. The molecule has 2 saturated heterocycles. The zero-order valence-electron chi connectivity index (χ0n) is 35.8. The molecule has 1 aliphatic carbocycles. The molecule has 7 rings (SSSR count). The fraction of sp³-hybridized carbons (Fsp3) is 0.543. The van der Waals surface area contributed by atoms with Gasteiger partial charge in [-0.3, -0.25) is 18.9 Å². The van der Waals surface area contributed by atoms with Crippen LogP contribution in [0.15, 0.2) is 41.8 Å². The Morgan fingerprint density at radius 2 is 1.79 bits per heavy atom. The first kappa shape index (κ1) is 46.0. The lowest BCUT2D eigenvalue weighted by molar-refractivity contribution is -0.142. The SMILES string of the molecule is CCCC(=O)CC1CCCCCCC[C@H]2C[C@@]2(P(=O)(O)Cc2c(F)cccc2F)CC(=O)[C@@H]2C[C@@H](Oc3cc(-c4csc(NC(C)C)n4)nc4c(Cl)c(OC)ccc34)CN2C1=O. The maximum atomic E-state index is 14.9. The average molecular weight is 913 g/mol. The number of fused-ring (bicyclic) bond motifs is 3. The van der Waals surface area contributed by atoms with E-state index in [1.54, 1.807) is 18.2 Å². The minimum absolute atomic E-state index is 0.0168. The summed E-state index contributed by atoms with van der Waals surface area (Å²) in [5.74, 6) is -2.73. The Morgan fingerprint density at radius 3 is 2.50 bits per heavy atom.